The Labute approximate surface area is 218 Å². The molecule has 3 aromatic carbocycles. The molecule has 37 heavy (non-hydrogen) atoms. The van der Waals surface area contributed by atoms with Gasteiger partial charge in [0.05, 0.1) is 11.6 Å². The van der Waals surface area contributed by atoms with Gasteiger partial charge in [0.2, 0.25) is 0 Å². The monoisotopic (exact) mass is 493 g/mol. The topological polar surface area (TPSA) is 66.4 Å². The molecule has 4 nitrogen and oxygen atoms in total. The average molecular weight is 494 g/mol. The number of carboxylic acids is 1. The fourth-order valence-electron chi connectivity index (χ4n) is 6.95. The van der Waals surface area contributed by atoms with Crippen LogP contribution in [0, 0.1) is 11.3 Å². The summed E-state index contributed by atoms with van der Waals surface area (Å²) in [6, 6.07) is 18.1. The molecule has 2 aliphatic carbocycles. The summed E-state index contributed by atoms with van der Waals surface area (Å²) in [4.78, 5) is 26.2. The number of fused-ring (bicyclic) bond motifs is 4. The van der Waals surface area contributed by atoms with Crippen molar-refractivity contribution in [2.45, 2.75) is 71.3 Å². The van der Waals surface area contributed by atoms with Gasteiger partial charge in [-0.15, -0.1) is 0 Å². The average Bonchev–Trinajstić information content (AvgIpc) is 2.87. The van der Waals surface area contributed by atoms with Crippen LogP contribution in [-0.4, -0.2) is 16.9 Å². The van der Waals surface area contributed by atoms with Crippen molar-refractivity contribution in [2.75, 3.05) is 5.32 Å². The number of hydrogen-bond acceptors (Lipinski definition) is 3. The van der Waals surface area contributed by atoms with Crippen LogP contribution < -0.4 is 5.32 Å². The molecular weight excluding hydrogens is 458 g/mol. The van der Waals surface area contributed by atoms with Crippen LogP contribution in [0.2, 0.25) is 0 Å². The maximum absolute atomic E-state index is 13.7. The number of carbonyl (C=O) groups excluding carboxylic acids is 1. The van der Waals surface area contributed by atoms with Gasteiger partial charge < -0.3 is 10.4 Å². The van der Waals surface area contributed by atoms with Crippen LogP contribution >= 0.6 is 0 Å². The Morgan fingerprint density at radius 3 is 2.49 bits per heavy atom. The molecule has 4 heteroatoms. The first kappa shape index (κ1) is 24.0. The van der Waals surface area contributed by atoms with E-state index in [1.807, 2.05) is 18.2 Å². The quantitative estimate of drug-likeness (QED) is 0.386. The van der Waals surface area contributed by atoms with Crippen molar-refractivity contribution in [1.29, 1.82) is 0 Å². The van der Waals surface area contributed by atoms with E-state index in [1.165, 1.54) is 0 Å². The molecule has 0 amide bonds. The molecule has 1 saturated carbocycles. The number of hydrogen-bond donors (Lipinski definition) is 2. The molecule has 0 aromatic heterocycles. The van der Waals surface area contributed by atoms with Crippen molar-refractivity contribution in [3.8, 4) is 0 Å². The Morgan fingerprint density at radius 1 is 0.973 bits per heavy atom. The number of rotatable bonds is 3. The zero-order chi connectivity index (χ0) is 25.9. The maximum Gasteiger partial charge on any atom is 0.335 e. The van der Waals surface area contributed by atoms with Gasteiger partial charge in [-0.25, -0.2) is 4.79 Å². The summed E-state index contributed by atoms with van der Waals surface area (Å²) in [6.07, 6.45) is 5.66. The summed E-state index contributed by atoms with van der Waals surface area (Å²) >= 11 is 0. The molecule has 3 aromatic rings. The molecule has 0 radical (unpaired) electrons. The van der Waals surface area contributed by atoms with Gasteiger partial charge >= 0.3 is 5.97 Å². The van der Waals surface area contributed by atoms with E-state index >= 15 is 0 Å². The largest absolute Gasteiger partial charge is 0.478 e. The van der Waals surface area contributed by atoms with Crippen molar-refractivity contribution in [2.24, 2.45) is 11.3 Å². The SMILES string of the molecule is CC1CCC(c2ccc(C3Nc4ccc5ccccc5c4C4=C3C(=O)CC(C)(C)C4)cc2C(=O)O)CC1. The predicted octanol–water partition coefficient (Wildman–Crippen LogP) is 8.14. The summed E-state index contributed by atoms with van der Waals surface area (Å²) in [5, 5.41) is 16.2. The minimum atomic E-state index is -0.886. The predicted molar refractivity (Wildman–Crippen MR) is 149 cm³/mol. The number of carbonyl (C=O) groups is 2. The van der Waals surface area contributed by atoms with Crippen molar-refractivity contribution in [3.63, 3.8) is 0 Å². The van der Waals surface area contributed by atoms with E-state index in [0.29, 0.717) is 17.9 Å². The minimum Gasteiger partial charge on any atom is -0.478 e. The van der Waals surface area contributed by atoms with E-state index in [-0.39, 0.29) is 23.2 Å². The molecular formula is C33H35NO3. The zero-order valence-electron chi connectivity index (χ0n) is 21.9. The van der Waals surface area contributed by atoms with Gasteiger partial charge in [0.25, 0.3) is 0 Å². The number of Topliss-reactive ketones (excluding diaryl/α,β-unsaturated/α-hetero) is 1. The first-order valence-electron chi connectivity index (χ1n) is 13.6. The van der Waals surface area contributed by atoms with Gasteiger partial charge in [0.15, 0.2) is 5.78 Å². The summed E-state index contributed by atoms with van der Waals surface area (Å²) in [7, 11) is 0. The summed E-state index contributed by atoms with van der Waals surface area (Å²) in [6.45, 7) is 6.61. The highest BCUT2D eigenvalue weighted by Gasteiger charge is 2.41. The van der Waals surface area contributed by atoms with Crippen molar-refractivity contribution < 1.29 is 14.7 Å². The highest BCUT2D eigenvalue weighted by Crippen LogP contribution is 2.52. The second-order valence-electron chi connectivity index (χ2n) is 12.2. The smallest absolute Gasteiger partial charge is 0.335 e. The van der Waals surface area contributed by atoms with E-state index in [9.17, 15) is 14.7 Å². The number of benzene rings is 3. The molecule has 6 rings (SSSR count). The van der Waals surface area contributed by atoms with Gasteiger partial charge in [0.1, 0.15) is 0 Å². The highest BCUT2D eigenvalue weighted by molar-refractivity contribution is 6.13. The van der Waals surface area contributed by atoms with Crippen LogP contribution in [0.4, 0.5) is 5.69 Å². The van der Waals surface area contributed by atoms with Crippen molar-refractivity contribution >= 4 is 33.8 Å². The molecule has 1 fully saturated rings. The number of anilines is 1. The second kappa shape index (κ2) is 8.86. The lowest BCUT2D eigenvalue weighted by molar-refractivity contribution is -0.118. The third kappa shape index (κ3) is 4.17. The Hall–Kier alpha value is -3.40. The molecule has 3 aliphatic rings. The molecule has 190 valence electrons. The summed E-state index contributed by atoms with van der Waals surface area (Å²) in [5.41, 5.74) is 6.10. The molecule has 0 bridgehead atoms. The maximum atomic E-state index is 13.7. The third-order valence-electron chi connectivity index (χ3n) is 8.84. The zero-order valence-corrected chi connectivity index (χ0v) is 21.9. The first-order chi connectivity index (χ1) is 17.7. The van der Waals surface area contributed by atoms with E-state index in [0.717, 1.165) is 76.4 Å². The Bertz CT molecular complexity index is 1460. The number of nitrogens with one attached hydrogen (secondary N) is 1. The van der Waals surface area contributed by atoms with Crippen LogP contribution in [0.1, 0.15) is 98.3 Å². The number of allylic oxidation sites excluding steroid dienone is 1. The minimum absolute atomic E-state index is 0.125. The van der Waals surface area contributed by atoms with Crippen molar-refractivity contribution in [1.82, 2.24) is 0 Å². The van der Waals surface area contributed by atoms with Crippen LogP contribution in [0.3, 0.4) is 0 Å². The lowest BCUT2D eigenvalue weighted by Gasteiger charge is -2.40. The van der Waals surface area contributed by atoms with Gasteiger partial charge in [0, 0.05) is 23.2 Å². The third-order valence-corrected chi connectivity index (χ3v) is 8.84. The second-order valence-corrected chi connectivity index (χ2v) is 12.2. The molecule has 0 spiro atoms. The number of aromatic carboxylic acids is 1. The lowest BCUT2D eigenvalue weighted by Crippen LogP contribution is -2.33. The van der Waals surface area contributed by atoms with Crippen LogP contribution in [-0.2, 0) is 4.79 Å². The standard InChI is InChI=1S/C33H35NO3/c1-19-8-10-21(11-9-19)23-14-12-22(16-25(23)32(36)37)31-30-26(17-33(2,3)18-28(30)35)29-24-7-5-4-6-20(24)13-15-27(29)34-31/h4-7,12-16,19,21,31,34H,8-11,17-18H2,1-3H3,(H,36,37). The normalized spacial score (nSPS) is 24.8. The fourth-order valence-corrected chi connectivity index (χ4v) is 6.95. The Morgan fingerprint density at radius 2 is 1.73 bits per heavy atom. The molecule has 1 unspecified atom stereocenters. The number of ketones is 1. The van der Waals surface area contributed by atoms with Gasteiger partial charge in [-0.3, -0.25) is 4.79 Å². The molecule has 2 N–H and O–H groups in total. The Kier molecular flexibility index (Phi) is 5.74. The molecule has 1 heterocycles. The van der Waals surface area contributed by atoms with Crippen LogP contribution in [0.25, 0.3) is 16.3 Å². The summed E-state index contributed by atoms with van der Waals surface area (Å²) < 4.78 is 0. The highest BCUT2D eigenvalue weighted by atomic mass is 16.4. The first-order valence-corrected chi connectivity index (χ1v) is 13.6. The van der Waals surface area contributed by atoms with Crippen molar-refractivity contribution in [3.05, 3.63) is 82.4 Å². The van der Waals surface area contributed by atoms with Crippen LogP contribution in [0.5, 0.6) is 0 Å². The lowest BCUT2D eigenvalue weighted by atomic mass is 9.67. The van der Waals surface area contributed by atoms with E-state index in [4.69, 9.17) is 0 Å². The molecule has 1 aliphatic heterocycles. The van der Waals surface area contributed by atoms with Gasteiger partial charge in [-0.1, -0.05) is 76.1 Å². The van der Waals surface area contributed by atoms with Crippen LogP contribution in [0.15, 0.2) is 60.2 Å². The van der Waals surface area contributed by atoms with E-state index in [1.54, 1.807) is 0 Å². The van der Waals surface area contributed by atoms with E-state index in [2.05, 4.69) is 62.5 Å². The Balaban J connectivity index is 1.50. The van der Waals surface area contributed by atoms with Gasteiger partial charge in [-0.05, 0) is 76.1 Å². The van der Waals surface area contributed by atoms with E-state index < -0.39 is 5.97 Å². The molecule has 1 atom stereocenters. The number of carboxylic acid groups (broad SMARTS) is 1. The fraction of sp³-hybridized carbons (Fsp3) is 0.394. The summed E-state index contributed by atoms with van der Waals surface area (Å²) in [5.74, 6) is 0.264. The molecule has 0 saturated heterocycles. The van der Waals surface area contributed by atoms with Gasteiger partial charge in [-0.2, -0.15) is 0 Å².